The monoisotopic (exact) mass is 614 g/mol. The van der Waals surface area contributed by atoms with Crippen molar-refractivity contribution in [3.8, 4) is 45.2 Å². The van der Waals surface area contributed by atoms with E-state index in [1.54, 1.807) is 0 Å². The van der Waals surface area contributed by atoms with Crippen LogP contribution in [-0.4, -0.2) is 26.1 Å². The van der Waals surface area contributed by atoms with Gasteiger partial charge in [-0.1, -0.05) is 119 Å². The van der Waals surface area contributed by atoms with Crippen LogP contribution in [0.2, 0.25) is 33.2 Å². The number of aromatic nitrogens is 2. The quantitative estimate of drug-likeness (QED) is 0.108. The predicted molar refractivity (Wildman–Crippen MR) is 197 cm³/mol. The van der Waals surface area contributed by atoms with Gasteiger partial charge in [0, 0.05) is 0 Å². The molecule has 0 aliphatic heterocycles. The van der Waals surface area contributed by atoms with Crippen molar-refractivity contribution in [3.63, 3.8) is 0 Å². The number of rotatable bonds is 6. The topological polar surface area (TPSA) is 25.8 Å². The van der Waals surface area contributed by atoms with Crippen LogP contribution < -0.4 is 0 Å². The Bertz CT molecular complexity index is 1680. The largest absolute Gasteiger partial charge is 0.243 e. The van der Waals surface area contributed by atoms with E-state index in [0.717, 1.165) is 33.2 Å². The Labute approximate surface area is 268 Å². The summed E-state index contributed by atoms with van der Waals surface area (Å²) in [5.41, 5.74) is 22.0. The van der Waals surface area contributed by atoms with Gasteiger partial charge in [0.1, 0.15) is 27.2 Å². The molecular weight excluding hydrogens is 565 g/mol. The van der Waals surface area contributed by atoms with Gasteiger partial charge in [-0.05, 0) is 79.8 Å². The van der Waals surface area contributed by atoms with E-state index in [1.165, 1.54) is 22.3 Å². The van der Waals surface area contributed by atoms with E-state index in [2.05, 4.69) is 155 Å². The van der Waals surface area contributed by atoms with Gasteiger partial charge in [0.2, 0.25) is 0 Å². The fourth-order valence-corrected chi connectivity index (χ4v) is 19.0. The van der Waals surface area contributed by atoms with Crippen molar-refractivity contribution >= 4 is 38.2 Å². The Balaban J connectivity index is 1.79. The lowest BCUT2D eigenvalue weighted by Crippen LogP contribution is -2.43. The van der Waals surface area contributed by atoms with Crippen LogP contribution in [0.1, 0.15) is 94.2 Å². The van der Waals surface area contributed by atoms with E-state index < -0.39 is 16.1 Å². The zero-order valence-electron chi connectivity index (χ0n) is 29.0. The van der Waals surface area contributed by atoms with Crippen molar-refractivity contribution in [1.82, 2.24) is 9.97 Å². The molecule has 0 radical (unpaired) electrons. The molecule has 0 saturated carbocycles. The summed E-state index contributed by atoms with van der Waals surface area (Å²) in [6.07, 6.45) is 0. The first kappa shape index (κ1) is 32.2. The molecule has 4 aromatic rings. The van der Waals surface area contributed by atoms with Crippen molar-refractivity contribution in [3.05, 3.63) is 59.7 Å². The van der Waals surface area contributed by atoms with Crippen molar-refractivity contribution in [2.24, 2.45) is 0 Å². The Morgan fingerprint density at radius 1 is 0.455 bits per heavy atom. The second kappa shape index (κ2) is 12.0. The summed E-state index contributed by atoms with van der Waals surface area (Å²) in [4.78, 5) is 10.7. The number of benzene rings is 3. The molecule has 0 N–H and O–H groups in total. The first-order valence-electron chi connectivity index (χ1n) is 16.7. The van der Waals surface area contributed by atoms with Crippen LogP contribution >= 0.6 is 0 Å². The maximum absolute atomic E-state index is 5.33. The Morgan fingerprint density at radius 3 is 1.07 bits per heavy atom. The maximum atomic E-state index is 5.33. The molecule has 3 aromatic carbocycles. The molecule has 0 amide bonds. The summed E-state index contributed by atoms with van der Waals surface area (Å²) >= 11 is 0. The number of hydrogen-bond donors (Lipinski definition) is 0. The molecule has 1 aromatic heterocycles. The summed E-state index contributed by atoms with van der Waals surface area (Å²) in [5.74, 6) is 7.43. The molecule has 1 aliphatic carbocycles. The van der Waals surface area contributed by atoms with Crippen molar-refractivity contribution in [1.29, 1.82) is 0 Å². The van der Waals surface area contributed by atoms with E-state index >= 15 is 0 Å². The number of hydrogen-bond acceptors (Lipinski definition) is 2. The summed E-state index contributed by atoms with van der Waals surface area (Å²) < 4.78 is 0. The number of nitrogens with zero attached hydrogens (tertiary/aromatic N) is 2. The summed E-state index contributed by atoms with van der Waals surface area (Å²) in [7, 11) is -3.84. The van der Waals surface area contributed by atoms with E-state index in [-0.39, 0.29) is 0 Å². The van der Waals surface area contributed by atoms with Crippen LogP contribution in [0, 0.1) is 22.9 Å². The van der Waals surface area contributed by atoms with Gasteiger partial charge >= 0.3 is 0 Å². The van der Waals surface area contributed by atoms with Crippen molar-refractivity contribution < 1.29 is 0 Å². The molecule has 5 rings (SSSR count). The van der Waals surface area contributed by atoms with Gasteiger partial charge in [0.05, 0.1) is 22.2 Å². The summed E-state index contributed by atoms with van der Waals surface area (Å²) in [6.45, 7) is 28.4. The third kappa shape index (κ3) is 5.05. The highest BCUT2D eigenvalue weighted by Gasteiger charge is 2.42. The average Bonchev–Trinajstić information content (AvgIpc) is 2.95. The molecule has 44 heavy (non-hydrogen) atoms. The normalized spacial score (nSPS) is 13.0. The molecule has 4 heteroatoms. The van der Waals surface area contributed by atoms with Gasteiger partial charge < -0.3 is 0 Å². The van der Waals surface area contributed by atoms with Crippen LogP contribution in [0.5, 0.6) is 0 Å². The smallest absolute Gasteiger partial charge is 0.146 e. The predicted octanol–water partition coefficient (Wildman–Crippen LogP) is 11.6. The van der Waals surface area contributed by atoms with Gasteiger partial charge in [-0.25, -0.2) is 9.97 Å². The molecule has 2 nitrogen and oxygen atoms in total. The first-order valence-corrected chi connectivity index (χ1v) is 21.2. The summed E-state index contributed by atoms with van der Waals surface area (Å²) in [5, 5.41) is 0. The molecule has 0 atom stereocenters. The average molecular weight is 615 g/mol. The molecule has 1 aliphatic rings. The minimum absolute atomic E-state index is 0.568. The lowest BCUT2D eigenvalue weighted by atomic mass is 9.80. The van der Waals surface area contributed by atoms with Crippen molar-refractivity contribution in [2.75, 3.05) is 0 Å². The van der Waals surface area contributed by atoms with E-state index in [0.29, 0.717) is 33.2 Å². The zero-order chi connectivity index (χ0) is 32.1. The third-order valence-corrected chi connectivity index (χ3v) is 23.4. The van der Waals surface area contributed by atoms with Gasteiger partial charge in [-0.2, -0.15) is 0 Å². The van der Waals surface area contributed by atoms with Crippen LogP contribution in [0.25, 0.3) is 44.3 Å². The second-order valence-corrected chi connectivity index (χ2v) is 26.0. The van der Waals surface area contributed by atoms with Gasteiger partial charge in [0.15, 0.2) is 0 Å². The third-order valence-electron chi connectivity index (χ3n) is 10.8. The highest BCUT2D eigenvalue weighted by atomic mass is 28.3. The lowest BCUT2D eigenvalue weighted by molar-refractivity contribution is 0.838. The first-order chi connectivity index (χ1) is 20.7. The molecule has 1 heterocycles. The van der Waals surface area contributed by atoms with Crippen LogP contribution in [-0.2, 0) is 0 Å². The van der Waals surface area contributed by atoms with Crippen molar-refractivity contribution in [2.45, 2.75) is 116 Å². The van der Waals surface area contributed by atoms with Crippen LogP contribution in [0.4, 0.5) is 0 Å². The molecule has 0 bridgehead atoms. The second-order valence-electron chi connectivity index (χ2n) is 14.8. The Morgan fingerprint density at radius 2 is 0.773 bits per heavy atom. The SMILES string of the molecule is CC(C)[Si](C#Cc1ccc(C#C[Si](C(C)C)(C(C)C)C(C)C)c2nc3cc4c(cc3nc12)-c1ccccc1-4)(C(C)C)C(C)C. The molecule has 0 spiro atoms. The van der Waals surface area contributed by atoms with Gasteiger partial charge in [-0.3, -0.25) is 0 Å². The fraction of sp³-hybridized carbons (Fsp3) is 0.450. The maximum Gasteiger partial charge on any atom is 0.146 e. The highest BCUT2D eigenvalue weighted by Crippen LogP contribution is 2.48. The van der Waals surface area contributed by atoms with E-state index in [4.69, 9.17) is 9.97 Å². The minimum atomic E-state index is -1.92. The van der Waals surface area contributed by atoms with Crippen LogP contribution in [0.3, 0.4) is 0 Å². The fourth-order valence-electron chi connectivity index (χ4n) is 8.56. The lowest BCUT2D eigenvalue weighted by Gasteiger charge is -2.38. The highest BCUT2D eigenvalue weighted by molar-refractivity contribution is 6.91. The molecule has 228 valence electrons. The number of fused-ring (bicyclic) bond motifs is 6. The van der Waals surface area contributed by atoms with E-state index in [9.17, 15) is 0 Å². The van der Waals surface area contributed by atoms with E-state index in [1.807, 2.05) is 0 Å². The molecule has 0 saturated heterocycles. The molecule has 0 unspecified atom stereocenters. The molecular formula is C40H50N2Si2. The minimum Gasteiger partial charge on any atom is -0.243 e. The summed E-state index contributed by atoms with van der Waals surface area (Å²) in [6, 6.07) is 17.4. The molecule has 0 fully saturated rings. The Hall–Kier alpha value is -3.19. The Kier molecular flexibility index (Phi) is 8.76. The zero-order valence-corrected chi connectivity index (χ0v) is 31.0. The van der Waals surface area contributed by atoms with Crippen LogP contribution in [0.15, 0.2) is 48.5 Å². The van der Waals surface area contributed by atoms with Gasteiger partial charge in [-0.15, -0.1) is 11.1 Å². The van der Waals surface area contributed by atoms with Gasteiger partial charge in [0.25, 0.3) is 0 Å². The standard InChI is InChI=1S/C40H50N2Si2/c1-25(2)43(26(3)4,27(5)6)21-19-31-17-18-32(20-22-44(28(7)8,29(9)10)30(11)12)40-39(31)41-37-23-35-33-15-13-14-16-34(33)36(35)24-38(37)42-40/h13-18,23-30H,1-12H3.